The van der Waals surface area contributed by atoms with Crippen molar-refractivity contribution in [3.8, 4) is 0 Å². The molecule has 7 nitrogen and oxygen atoms in total. The second kappa shape index (κ2) is 8.66. The topological polar surface area (TPSA) is 85.0 Å². The highest BCUT2D eigenvalue weighted by Crippen LogP contribution is 2.23. The lowest BCUT2D eigenvalue weighted by Crippen LogP contribution is -2.36. The van der Waals surface area contributed by atoms with E-state index in [9.17, 15) is 4.79 Å². The number of aromatic nitrogens is 4. The number of carbonyl (C=O) groups excluding carboxylic acids is 1. The van der Waals surface area contributed by atoms with E-state index in [1.165, 1.54) is 29.9 Å². The SMILES string of the molecule is Cc1cc(C)nc(SCc2nnc(SCC(=O)N3CCCCC3)o2)n1. The highest BCUT2D eigenvalue weighted by molar-refractivity contribution is 7.99. The van der Waals surface area contributed by atoms with Crippen molar-refractivity contribution in [2.45, 2.75) is 49.2 Å². The van der Waals surface area contributed by atoms with Crippen LogP contribution in [0, 0.1) is 13.8 Å². The van der Waals surface area contributed by atoms with Gasteiger partial charge in [0.25, 0.3) is 5.22 Å². The molecule has 1 aliphatic heterocycles. The number of hydrogen-bond donors (Lipinski definition) is 0. The third kappa shape index (κ3) is 5.43. The highest BCUT2D eigenvalue weighted by Gasteiger charge is 2.18. The molecule has 0 saturated carbocycles. The Morgan fingerprint density at radius 2 is 1.84 bits per heavy atom. The van der Waals surface area contributed by atoms with Crippen molar-refractivity contribution in [1.29, 1.82) is 0 Å². The van der Waals surface area contributed by atoms with E-state index < -0.39 is 0 Å². The van der Waals surface area contributed by atoms with Crippen LogP contribution < -0.4 is 0 Å². The van der Waals surface area contributed by atoms with Gasteiger partial charge in [0.05, 0.1) is 11.5 Å². The summed E-state index contributed by atoms with van der Waals surface area (Å²) in [4.78, 5) is 22.8. The van der Waals surface area contributed by atoms with Gasteiger partial charge in [0, 0.05) is 24.5 Å². The summed E-state index contributed by atoms with van der Waals surface area (Å²) < 4.78 is 5.60. The maximum absolute atomic E-state index is 12.1. The van der Waals surface area contributed by atoms with E-state index in [1.54, 1.807) is 0 Å². The lowest BCUT2D eigenvalue weighted by Gasteiger charge is -2.26. The second-order valence-corrected chi connectivity index (χ2v) is 7.78. The molecule has 1 amide bonds. The number of aryl methyl sites for hydroxylation is 2. The summed E-state index contributed by atoms with van der Waals surface area (Å²) in [7, 11) is 0. The quantitative estimate of drug-likeness (QED) is 0.559. The van der Waals surface area contributed by atoms with Crippen molar-refractivity contribution in [3.63, 3.8) is 0 Å². The number of rotatable bonds is 6. The van der Waals surface area contributed by atoms with Crippen LogP contribution in [0.2, 0.25) is 0 Å². The molecule has 0 aromatic carbocycles. The van der Waals surface area contributed by atoms with Crippen molar-refractivity contribution >= 4 is 29.4 Å². The van der Waals surface area contributed by atoms with E-state index >= 15 is 0 Å². The Bertz CT molecular complexity index is 711. The molecule has 9 heteroatoms. The smallest absolute Gasteiger partial charge is 0.277 e. The van der Waals surface area contributed by atoms with Crippen LogP contribution in [0.15, 0.2) is 20.9 Å². The molecular formula is C16H21N5O2S2. The van der Waals surface area contributed by atoms with Crippen LogP contribution in [-0.4, -0.2) is 49.8 Å². The first-order valence-electron chi connectivity index (χ1n) is 8.28. The lowest BCUT2D eigenvalue weighted by atomic mass is 10.1. The van der Waals surface area contributed by atoms with Crippen LogP contribution >= 0.6 is 23.5 Å². The highest BCUT2D eigenvalue weighted by atomic mass is 32.2. The molecule has 0 atom stereocenters. The van der Waals surface area contributed by atoms with Gasteiger partial charge in [-0.25, -0.2) is 9.97 Å². The van der Waals surface area contributed by atoms with Gasteiger partial charge in [-0.3, -0.25) is 4.79 Å². The third-order valence-electron chi connectivity index (χ3n) is 3.76. The van der Waals surface area contributed by atoms with Crippen molar-refractivity contribution in [1.82, 2.24) is 25.1 Å². The van der Waals surface area contributed by atoms with Crippen LogP contribution in [0.5, 0.6) is 0 Å². The molecular weight excluding hydrogens is 358 g/mol. The fourth-order valence-corrected chi connectivity index (χ4v) is 4.07. The molecule has 3 heterocycles. The average Bonchev–Trinajstić information content (AvgIpc) is 3.06. The zero-order valence-electron chi connectivity index (χ0n) is 14.4. The van der Waals surface area contributed by atoms with E-state index in [0.717, 1.165) is 37.3 Å². The summed E-state index contributed by atoms with van der Waals surface area (Å²) in [6, 6.07) is 1.94. The summed E-state index contributed by atoms with van der Waals surface area (Å²) in [5.41, 5.74) is 1.88. The Hall–Kier alpha value is -1.61. The van der Waals surface area contributed by atoms with Gasteiger partial charge in [0.15, 0.2) is 5.16 Å². The molecule has 1 aliphatic rings. The summed E-state index contributed by atoms with van der Waals surface area (Å²) in [5, 5.41) is 9.16. The number of nitrogens with zero attached hydrogens (tertiary/aromatic N) is 5. The molecule has 0 bridgehead atoms. The van der Waals surface area contributed by atoms with Crippen LogP contribution in [0.4, 0.5) is 0 Å². The van der Waals surface area contributed by atoms with Crippen LogP contribution in [0.3, 0.4) is 0 Å². The van der Waals surface area contributed by atoms with E-state index in [-0.39, 0.29) is 5.91 Å². The monoisotopic (exact) mass is 379 g/mol. The fraction of sp³-hybridized carbons (Fsp3) is 0.562. The van der Waals surface area contributed by atoms with Gasteiger partial charge >= 0.3 is 0 Å². The van der Waals surface area contributed by atoms with Gasteiger partial charge in [-0.15, -0.1) is 10.2 Å². The summed E-state index contributed by atoms with van der Waals surface area (Å²) >= 11 is 2.76. The average molecular weight is 380 g/mol. The van der Waals surface area contributed by atoms with Crippen molar-refractivity contribution in [3.05, 3.63) is 23.3 Å². The van der Waals surface area contributed by atoms with Crippen molar-refractivity contribution in [2.75, 3.05) is 18.8 Å². The first-order chi connectivity index (χ1) is 12.1. The molecule has 25 heavy (non-hydrogen) atoms. The first kappa shape index (κ1) is 18.2. The minimum absolute atomic E-state index is 0.141. The van der Waals surface area contributed by atoms with Gasteiger partial charge in [-0.05, 0) is 39.2 Å². The number of carbonyl (C=O) groups is 1. The van der Waals surface area contributed by atoms with Crippen molar-refractivity contribution < 1.29 is 9.21 Å². The number of hydrogen-bond acceptors (Lipinski definition) is 8. The lowest BCUT2D eigenvalue weighted by molar-refractivity contribution is -0.129. The van der Waals surface area contributed by atoms with Gasteiger partial charge in [0.2, 0.25) is 11.8 Å². The summed E-state index contributed by atoms with van der Waals surface area (Å²) in [6.45, 7) is 5.61. The van der Waals surface area contributed by atoms with E-state index in [0.29, 0.717) is 27.8 Å². The Balaban J connectivity index is 1.47. The molecule has 2 aromatic rings. The molecule has 134 valence electrons. The maximum Gasteiger partial charge on any atom is 0.277 e. The molecule has 3 rings (SSSR count). The standard InChI is InChI=1S/C16H21N5O2S2/c1-11-8-12(2)18-15(17-11)24-9-13-19-20-16(23-13)25-10-14(22)21-6-4-3-5-7-21/h8H,3-7,9-10H2,1-2H3. The normalized spacial score (nSPS) is 14.7. The van der Waals surface area contributed by atoms with Gasteiger partial charge in [-0.2, -0.15) is 0 Å². The Labute approximate surface area is 155 Å². The molecule has 2 aromatic heterocycles. The first-order valence-corrected chi connectivity index (χ1v) is 10.3. The Kier molecular flexibility index (Phi) is 6.30. The molecule has 0 unspecified atom stereocenters. The van der Waals surface area contributed by atoms with E-state index in [1.807, 2.05) is 24.8 Å². The molecule has 1 saturated heterocycles. The molecule has 0 spiro atoms. The van der Waals surface area contributed by atoms with Gasteiger partial charge in [0.1, 0.15) is 0 Å². The predicted octanol–water partition coefficient (Wildman–Crippen LogP) is 2.87. The van der Waals surface area contributed by atoms with Gasteiger partial charge < -0.3 is 9.32 Å². The number of piperidine rings is 1. The fourth-order valence-electron chi connectivity index (χ4n) is 2.60. The molecule has 0 radical (unpaired) electrons. The van der Waals surface area contributed by atoms with Crippen LogP contribution in [0.1, 0.15) is 36.5 Å². The maximum atomic E-state index is 12.1. The molecule has 0 N–H and O–H groups in total. The number of amides is 1. The number of likely N-dealkylation sites (tertiary alicyclic amines) is 1. The largest absolute Gasteiger partial charge is 0.415 e. The number of thioether (sulfide) groups is 2. The Morgan fingerprint density at radius 3 is 2.56 bits per heavy atom. The zero-order chi connectivity index (χ0) is 17.6. The van der Waals surface area contributed by atoms with E-state index in [4.69, 9.17) is 4.42 Å². The zero-order valence-corrected chi connectivity index (χ0v) is 16.0. The predicted molar refractivity (Wildman–Crippen MR) is 96.5 cm³/mol. The van der Waals surface area contributed by atoms with Crippen LogP contribution in [-0.2, 0) is 10.5 Å². The Morgan fingerprint density at radius 1 is 1.12 bits per heavy atom. The molecule has 0 aliphatic carbocycles. The van der Waals surface area contributed by atoms with E-state index in [2.05, 4.69) is 20.2 Å². The summed E-state index contributed by atoms with van der Waals surface area (Å²) in [6.07, 6.45) is 3.41. The molecule has 1 fully saturated rings. The summed E-state index contributed by atoms with van der Waals surface area (Å²) in [5.74, 6) is 1.51. The second-order valence-electron chi connectivity index (χ2n) is 5.91. The van der Waals surface area contributed by atoms with Crippen LogP contribution in [0.25, 0.3) is 0 Å². The van der Waals surface area contributed by atoms with Crippen molar-refractivity contribution in [2.24, 2.45) is 0 Å². The minimum atomic E-state index is 0.141. The minimum Gasteiger partial charge on any atom is -0.415 e. The van der Waals surface area contributed by atoms with Gasteiger partial charge in [-0.1, -0.05) is 23.5 Å². The third-order valence-corrected chi connectivity index (χ3v) is 5.40.